The molecule has 4 aromatic rings. The summed E-state index contributed by atoms with van der Waals surface area (Å²) in [4.78, 5) is 46.3. The van der Waals surface area contributed by atoms with Crippen LogP contribution < -0.4 is 10.9 Å². The summed E-state index contributed by atoms with van der Waals surface area (Å²) in [5.41, 5.74) is 3.98. The molecule has 0 saturated carbocycles. The van der Waals surface area contributed by atoms with Gasteiger partial charge in [0.25, 0.3) is 5.56 Å². The average Bonchev–Trinajstić information content (AvgIpc) is 3.58. The summed E-state index contributed by atoms with van der Waals surface area (Å²) >= 11 is 6.46. The highest BCUT2D eigenvalue weighted by molar-refractivity contribution is 6.35. The number of benzene rings is 3. The van der Waals surface area contributed by atoms with Crippen LogP contribution in [0, 0.1) is 0 Å². The van der Waals surface area contributed by atoms with Crippen molar-refractivity contribution in [3.63, 3.8) is 0 Å². The number of hydrogen-bond donors (Lipinski definition) is 1. The molecule has 1 unspecified atom stereocenters. The van der Waals surface area contributed by atoms with Gasteiger partial charge in [-0.3, -0.25) is 9.36 Å². The van der Waals surface area contributed by atoms with Crippen molar-refractivity contribution < 1.29 is 19.1 Å². The summed E-state index contributed by atoms with van der Waals surface area (Å²) in [5.74, 6) is 0.272. The summed E-state index contributed by atoms with van der Waals surface area (Å²) in [7, 11) is 0. The van der Waals surface area contributed by atoms with Crippen LogP contribution in [0.4, 0.5) is 9.59 Å². The highest BCUT2D eigenvalue weighted by Gasteiger charge is 2.34. The Morgan fingerprint density at radius 3 is 2.34 bits per heavy atom. The molecule has 1 aromatic heterocycles. The second-order valence-electron chi connectivity index (χ2n) is 12.3. The third kappa shape index (κ3) is 5.64. The molecule has 9 nitrogen and oxygen atoms in total. The van der Waals surface area contributed by atoms with E-state index < -0.39 is 23.8 Å². The predicted molar refractivity (Wildman–Crippen MR) is 169 cm³/mol. The lowest BCUT2D eigenvalue weighted by atomic mass is 9.98. The first-order valence-corrected chi connectivity index (χ1v) is 15.2. The predicted octanol–water partition coefficient (Wildman–Crippen LogP) is 6.83. The van der Waals surface area contributed by atoms with Gasteiger partial charge in [-0.25, -0.2) is 14.6 Å². The number of halogens is 1. The minimum atomic E-state index is -0.683. The Labute approximate surface area is 260 Å². The fourth-order valence-electron chi connectivity index (χ4n) is 6.20. The maximum atomic E-state index is 13.9. The van der Waals surface area contributed by atoms with Crippen LogP contribution in [0.15, 0.2) is 71.5 Å². The molecule has 1 aliphatic carbocycles. The van der Waals surface area contributed by atoms with E-state index >= 15 is 0 Å². The van der Waals surface area contributed by atoms with Gasteiger partial charge in [-0.2, -0.15) is 0 Å². The van der Waals surface area contributed by atoms with Gasteiger partial charge < -0.3 is 19.7 Å². The van der Waals surface area contributed by atoms with Crippen LogP contribution in [0.5, 0.6) is 0 Å². The molecule has 1 saturated heterocycles. The number of hydrogen-bond acceptors (Lipinski definition) is 6. The van der Waals surface area contributed by atoms with E-state index in [4.69, 9.17) is 26.1 Å². The number of likely N-dealkylation sites (tertiary alicyclic amines) is 1. The van der Waals surface area contributed by atoms with Crippen LogP contribution >= 0.6 is 11.6 Å². The van der Waals surface area contributed by atoms with Crippen molar-refractivity contribution in [3.8, 4) is 11.1 Å². The normalized spacial score (nSPS) is 16.8. The minimum absolute atomic E-state index is 0.0834. The van der Waals surface area contributed by atoms with Gasteiger partial charge in [-0.1, -0.05) is 66.2 Å². The van der Waals surface area contributed by atoms with Gasteiger partial charge in [0.2, 0.25) is 0 Å². The van der Waals surface area contributed by atoms with Gasteiger partial charge in [0, 0.05) is 19.0 Å². The zero-order chi connectivity index (χ0) is 31.2. The number of rotatable bonds is 5. The molecule has 3 aromatic carbocycles. The number of alkyl carbamates (subject to hydrolysis) is 1. The van der Waals surface area contributed by atoms with E-state index in [0.29, 0.717) is 34.7 Å². The molecule has 1 aliphatic heterocycles. The molecule has 1 N–H and O–H groups in total. The summed E-state index contributed by atoms with van der Waals surface area (Å²) in [6.07, 6.45) is -0.541. The van der Waals surface area contributed by atoms with Gasteiger partial charge in [-0.05, 0) is 68.5 Å². The second kappa shape index (κ2) is 11.6. The molecule has 6 rings (SSSR count). The molecule has 1 fully saturated rings. The lowest BCUT2D eigenvalue weighted by Gasteiger charge is -2.26. The standard InChI is InChI=1S/C34H35ClN4O5/c1-20(36-32(41)43-19-26-24-12-7-5-10-22(24)23-11-6-8-13-25(23)26)30-37-28-15-9-14-27(35)29(28)31(40)39(30)21-16-17-38(18-21)33(42)44-34(2,3)4/h5-15,20-21,26H,16-19H2,1-4H3,(H,36,41)/t20-,21?/m0/s1. The van der Waals surface area contributed by atoms with Gasteiger partial charge >= 0.3 is 12.2 Å². The Bertz CT molecular complexity index is 1770. The van der Waals surface area contributed by atoms with E-state index in [1.807, 2.05) is 45.0 Å². The van der Waals surface area contributed by atoms with Crippen LogP contribution in [0.25, 0.3) is 22.0 Å². The Morgan fingerprint density at radius 2 is 1.68 bits per heavy atom. The monoisotopic (exact) mass is 614 g/mol. The van der Waals surface area contributed by atoms with Gasteiger partial charge in [-0.15, -0.1) is 0 Å². The SMILES string of the molecule is C[C@H](NC(=O)OCC1c2ccccc2-c2ccccc21)c1nc2cccc(Cl)c2c(=O)n1C1CCN(C(=O)OC(C)(C)C)C1. The van der Waals surface area contributed by atoms with Crippen molar-refractivity contribution >= 4 is 34.7 Å². The van der Waals surface area contributed by atoms with E-state index in [1.165, 1.54) is 0 Å². The van der Waals surface area contributed by atoms with Gasteiger partial charge in [0.05, 0.1) is 28.0 Å². The first-order valence-electron chi connectivity index (χ1n) is 14.8. The molecule has 10 heteroatoms. The number of nitrogens with zero attached hydrogens (tertiary/aromatic N) is 3. The number of fused-ring (bicyclic) bond motifs is 4. The Morgan fingerprint density at radius 1 is 1.02 bits per heavy atom. The van der Waals surface area contributed by atoms with Crippen LogP contribution in [0.3, 0.4) is 0 Å². The van der Waals surface area contributed by atoms with Crippen molar-refractivity contribution in [1.29, 1.82) is 0 Å². The van der Waals surface area contributed by atoms with Crippen LogP contribution in [0.2, 0.25) is 5.02 Å². The van der Waals surface area contributed by atoms with E-state index in [0.717, 1.165) is 22.3 Å². The van der Waals surface area contributed by atoms with E-state index in [-0.39, 0.29) is 30.7 Å². The highest BCUT2D eigenvalue weighted by Crippen LogP contribution is 2.44. The fourth-order valence-corrected chi connectivity index (χ4v) is 6.45. The largest absolute Gasteiger partial charge is 0.449 e. The maximum absolute atomic E-state index is 13.9. The fraction of sp³-hybridized carbons (Fsp3) is 0.353. The number of carbonyl (C=O) groups is 2. The van der Waals surface area contributed by atoms with Crippen molar-refractivity contribution in [2.75, 3.05) is 19.7 Å². The third-order valence-corrected chi connectivity index (χ3v) is 8.47. The van der Waals surface area contributed by atoms with E-state index in [1.54, 1.807) is 34.6 Å². The first kappa shape index (κ1) is 29.7. The molecule has 0 bridgehead atoms. The topological polar surface area (TPSA) is 103 Å². The third-order valence-electron chi connectivity index (χ3n) is 8.15. The summed E-state index contributed by atoms with van der Waals surface area (Å²) in [5, 5.41) is 3.47. The smallest absolute Gasteiger partial charge is 0.410 e. The molecule has 228 valence electrons. The molecule has 0 spiro atoms. The Hall–Kier alpha value is -4.37. The molecule has 44 heavy (non-hydrogen) atoms. The lowest BCUT2D eigenvalue weighted by Crippen LogP contribution is -2.38. The first-order chi connectivity index (χ1) is 21.0. The average molecular weight is 615 g/mol. The van der Waals surface area contributed by atoms with Crippen LogP contribution in [-0.4, -0.2) is 51.9 Å². The Balaban J connectivity index is 1.24. The quantitative estimate of drug-likeness (QED) is 0.264. The molecule has 0 radical (unpaired) electrons. The molecular formula is C34H35ClN4O5. The van der Waals surface area contributed by atoms with Gasteiger partial charge in [0.15, 0.2) is 0 Å². The van der Waals surface area contributed by atoms with Crippen molar-refractivity contribution in [1.82, 2.24) is 19.8 Å². The summed E-state index contributed by atoms with van der Waals surface area (Å²) < 4.78 is 12.9. The number of carbonyl (C=O) groups excluding carboxylic acids is 2. The molecular weight excluding hydrogens is 580 g/mol. The van der Waals surface area contributed by atoms with Crippen LogP contribution in [0.1, 0.15) is 69.1 Å². The van der Waals surface area contributed by atoms with E-state index in [9.17, 15) is 14.4 Å². The Kier molecular flexibility index (Phi) is 7.84. The molecule has 2 heterocycles. The number of nitrogens with one attached hydrogen (secondary N) is 1. The van der Waals surface area contributed by atoms with Crippen LogP contribution in [-0.2, 0) is 9.47 Å². The zero-order valence-electron chi connectivity index (χ0n) is 25.2. The van der Waals surface area contributed by atoms with Crippen molar-refractivity contribution in [2.24, 2.45) is 0 Å². The highest BCUT2D eigenvalue weighted by atomic mass is 35.5. The van der Waals surface area contributed by atoms with E-state index in [2.05, 4.69) is 29.6 Å². The zero-order valence-corrected chi connectivity index (χ0v) is 25.9. The number of aromatic nitrogens is 2. The molecule has 2 amide bonds. The molecule has 2 atom stereocenters. The van der Waals surface area contributed by atoms with Crippen molar-refractivity contribution in [2.45, 2.75) is 57.7 Å². The number of amides is 2. The summed E-state index contributed by atoms with van der Waals surface area (Å²) in [6, 6.07) is 20.3. The lowest BCUT2D eigenvalue weighted by molar-refractivity contribution is 0.0288. The van der Waals surface area contributed by atoms with Crippen molar-refractivity contribution in [3.05, 3.63) is 99.1 Å². The second-order valence-corrected chi connectivity index (χ2v) is 12.7. The maximum Gasteiger partial charge on any atom is 0.410 e. The summed E-state index contributed by atoms with van der Waals surface area (Å²) in [6.45, 7) is 8.04. The minimum Gasteiger partial charge on any atom is -0.449 e. The number of ether oxygens (including phenoxy) is 2. The van der Waals surface area contributed by atoms with Gasteiger partial charge in [0.1, 0.15) is 18.0 Å². The molecule has 2 aliphatic rings.